The van der Waals surface area contributed by atoms with E-state index in [0.717, 1.165) is 12.3 Å². The molecule has 1 aromatic carbocycles. The van der Waals surface area contributed by atoms with Crippen molar-refractivity contribution >= 4 is 5.91 Å². The third-order valence-corrected chi connectivity index (χ3v) is 5.70. The maximum atomic E-state index is 14.0. The normalized spacial score (nSPS) is 22.4. The number of likely N-dealkylation sites (tertiary alicyclic amines) is 1. The third kappa shape index (κ3) is 3.65. The van der Waals surface area contributed by atoms with Gasteiger partial charge in [0.05, 0.1) is 42.1 Å². The Morgan fingerprint density at radius 3 is 2.53 bits per heavy atom. The summed E-state index contributed by atoms with van der Waals surface area (Å²) in [4.78, 5) is 23.2. The minimum Gasteiger partial charge on any atom is -0.471 e. The zero-order chi connectivity index (χ0) is 22.5. The van der Waals surface area contributed by atoms with E-state index in [9.17, 15) is 22.4 Å². The number of alkyl halides is 3. The van der Waals surface area contributed by atoms with E-state index in [1.54, 1.807) is 4.90 Å². The van der Waals surface area contributed by atoms with Gasteiger partial charge in [0.25, 0.3) is 5.91 Å². The lowest BCUT2D eigenvalue weighted by atomic mass is 10.1. The number of amides is 1. The van der Waals surface area contributed by atoms with Crippen LogP contribution in [0, 0.1) is 11.7 Å². The van der Waals surface area contributed by atoms with Crippen LogP contribution < -0.4 is 4.74 Å². The van der Waals surface area contributed by atoms with Crippen LogP contribution in [-0.4, -0.2) is 54.5 Å². The molecule has 166 valence electrons. The first-order valence-corrected chi connectivity index (χ1v) is 9.82. The molecule has 0 N–H and O–H groups in total. The highest BCUT2D eigenvalue weighted by Gasteiger charge is 2.49. The van der Waals surface area contributed by atoms with Gasteiger partial charge in [-0.2, -0.15) is 28.2 Å². The van der Waals surface area contributed by atoms with Crippen molar-refractivity contribution in [1.82, 2.24) is 29.9 Å². The summed E-state index contributed by atoms with van der Waals surface area (Å²) in [5, 5.41) is 8.04. The van der Waals surface area contributed by atoms with Gasteiger partial charge in [-0.3, -0.25) is 4.79 Å². The molecule has 1 saturated carbocycles. The lowest BCUT2D eigenvalue weighted by molar-refractivity contribution is -0.141. The van der Waals surface area contributed by atoms with E-state index in [1.807, 2.05) is 0 Å². The SMILES string of the molecule is O=C(c1cc(F)ccc1-n1nccn1)N1C[C@H]2C[C@@H](Oc3cnc(C(F)(F)F)cn3)[C@@H]1C2. The number of aromatic nitrogens is 5. The number of hydrogen-bond acceptors (Lipinski definition) is 6. The molecule has 1 aliphatic heterocycles. The Kier molecular flexibility index (Phi) is 4.79. The Morgan fingerprint density at radius 2 is 1.88 bits per heavy atom. The molecule has 32 heavy (non-hydrogen) atoms. The van der Waals surface area contributed by atoms with Gasteiger partial charge < -0.3 is 9.64 Å². The summed E-state index contributed by atoms with van der Waals surface area (Å²) in [5.74, 6) is -0.844. The monoisotopic (exact) mass is 448 g/mol. The fourth-order valence-electron chi connectivity index (χ4n) is 4.35. The number of ether oxygens (including phenoxy) is 1. The summed E-state index contributed by atoms with van der Waals surface area (Å²) in [6, 6.07) is 3.48. The van der Waals surface area contributed by atoms with Gasteiger partial charge in [0.1, 0.15) is 11.9 Å². The molecule has 3 heterocycles. The standard InChI is InChI=1S/C20H16F4N6O2/c21-12-1-2-14(30-27-3-4-28-30)13(7-12)19(31)29-10-11-5-15(29)16(6-11)32-18-9-25-17(8-26-18)20(22,23)24/h1-4,7-9,11,15-16H,5-6,10H2/t11-,15+,16-/m1/s1. The Balaban J connectivity index is 1.37. The molecule has 2 aliphatic rings. The summed E-state index contributed by atoms with van der Waals surface area (Å²) in [7, 11) is 0. The van der Waals surface area contributed by atoms with Crippen LogP contribution in [0.25, 0.3) is 5.69 Å². The molecule has 1 saturated heterocycles. The van der Waals surface area contributed by atoms with Gasteiger partial charge in [0.2, 0.25) is 5.88 Å². The van der Waals surface area contributed by atoms with E-state index < -0.39 is 29.7 Å². The Morgan fingerprint density at radius 1 is 1.09 bits per heavy atom. The highest BCUT2D eigenvalue weighted by atomic mass is 19.4. The van der Waals surface area contributed by atoms with Gasteiger partial charge >= 0.3 is 6.18 Å². The van der Waals surface area contributed by atoms with E-state index in [4.69, 9.17) is 4.74 Å². The number of piperidine rings is 1. The molecule has 3 aromatic rings. The predicted molar refractivity (Wildman–Crippen MR) is 100 cm³/mol. The minimum absolute atomic E-state index is 0.0462. The molecular weight excluding hydrogens is 432 g/mol. The number of benzene rings is 1. The van der Waals surface area contributed by atoms with E-state index >= 15 is 0 Å². The maximum absolute atomic E-state index is 14.0. The van der Waals surface area contributed by atoms with Crippen molar-refractivity contribution in [2.24, 2.45) is 5.92 Å². The van der Waals surface area contributed by atoms with Gasteiger partial charge in [-0.05, 0) is 37.0 Å². The lowest BCUT2D eigenvalue weighted by Crippen LogP contribution is -2.47. The van der Waals surface area contributed by atoms with Crippen LogP contribution in [0.2, 0.25) is 0 Å². The van der Waals surface area contributed by atoms with E-state index in [1.165, 1.54) is 29.3 Å². The molecule has 8 nitrogen and oxygen atoms in total. The topological polar surface area (TPSA) is 86.0 Å². The van der Waals surface area contributed by atoms with Gasteiger partial charge in [-0.1, -0.05) is 0 Å². The van der Waals surface area contributed by atoms with Gasteiger partial charge in [-0.15, -0.1) is 0 Å². The Bertz CT molecular complexity index is 1140. The zero-order valence-electron chi connectivity index (χ0n) is 16.4. The quantitative estimate of drug-likeness (QED) is 0.571. The highest BCUT2D eigenvalue weighted by molar-refractivity contribution is 5.98. The smallest absolute Gasteiger partial charge is 0.434 e. The van der Waals surface area contributed by atoms with Gasteiger partial charge in [-0.25, -0.2) is 14.4 Å². The molecule has 2 fully saturated rings. The predicted octanol–water partition coefficient (Wildman–Crippen LogP) is 2.90. The Labute approximate surface area is 178 Å². The number of hydrogen-bond donors (Lipinski definition) is 0. The van der Waals surface area contributed by atoms with Crippen molar-refractivity contribution in [2.45, 2.75) is 31.2 Å². The fourth-order valence-corrected chi connectivity index (χ4v) is 4.35. The number of nitrogens with zero attached hydrogens (tertiary/aromatic N) is 6. The van der Waals surface area contributed by atoms with Crippen molar-refractivity contribution in [3.05, 3.63) is 60.1 Å². The second-order valence-electron chi connectivity index (χ2n) is 7.74. The van der Waals surface area contributed by atoms with Crippen LogP contribution >= 0.6 is 0 Å². The van der Waals surface area contributed by atoms with Crippen molar-refractivity contribution in [2.75, 3.05) is 6.54 Å². The van der Waals surface area contributed by atoms with Crippen LogP contribution in [0.1, 0.15) is 28.9 Å². The van der Waals surface area contributed by atoms with E-state index in [2.05, 4.69) is 20.2 Å². The second kappa shape index (κ2) is 7.53. The van der Waals surface area contributed by atoms with Crippen molar-refractivity contribution < 1.29 is 27.1 Å². The molecule has 0 spiro atoms. The summed E-state index contributed by atoms with van der Waals surface area (Å²) in [6.45, 7) is 0.477. The third-order valence-electron chi connectivity index (χ3n) is 5.70. The molecule has 5 rings (SSSR count). The van der Waals surface area contributed by atoms with Crippen LogP contribution in [0.4, 0.5) is 17.6 Å². The van der Waals surface area contributed by atoms with Crippen molar-refractivity contribution in [3.8, 4) is 11.6 Å². The molecule has 12 heteroatoms. The number of fused-ring (bicyclic) bond motifs is 2. The zero-order valence-corrected chi connectivity index (χ0v) is 16.4. The summed E-state index contributed by atoms with van der Waals surface area (Å²) >= 11 is 0. The average molecular weight is 448 g/mol. The number of halogens is 4. The van der Waals surface area contributed by atoms with Crippen LogP contribution in [0.15, 0.2) is 43.0 Å². The second-order valence-corrected chi connectivity index (χ2v) is 7.74. The van der Waals surface area contributed by atoms with Gasteiger partial charge in [0.15, 0.2) is 5.69 Å². The molecule has 2 aromatic heterocycles. The van der Waals surface area contributed by atoms with Crippen LogP contribution in [0.5, 0.6) is 5.88 Å². The summed E-state index contributed by atoms with van der Waals surface area (Å²) < 4.78 is 57.8. The molecule has 2 bridgehead atoms. The molecule has 3 atom stereocenters. The largest absolute Gasteiger partial charge is 0.471 e. The molecular formula is C20H16F4N6O2. The minimum atomic E-state index is -4.59. The number of rotatable bonds is 4. The van der Waals surface area contributed by atoms with Crippen LogP contribution in [0.3, 0.4) is 0 Å². The van der Waals surface area contributed by atoms with Gasteiger partial charge in [0, 0.05) is 6.54 Å². The van der Waals surface area contributed by atoms with Crippen molar-refractivity contribution in [3.63, 3.8) is 0 Å². The highest BCUT2D eigenvalue weighted by Crippen LogP contribution is 2.40. The average Bonchev–Trinajstić information content (AvgIpc) is 3.50. The molecule has 0 radical (unpaired) electrons. The van der Waals surface area contributed by atoms with E-state index in [0.29, 0.717) is 31.3 Å². The lowest BCUT2D eigenvalue weighted by Gasteiger charge is -2.33. The molecule has 0 unspecified atom stereocenters. The first-order chi connectivity index (χ1) is 15.3. The van der Waals surface area contributed by atoms with Crippen molar-refractivity contribution in [1.29, 1.82) is 0 Å². The summed E-state index contributed by atoms with van der Waals surface area (Å²) in [6.07, 6.45) is 0.699. The maximum Gasteiger partial charge on any atom is 0.434 e. The fraction of sp³-hybridized carbons (Fsp3) is 0.350. The first-order valence-electron chi connectivity index (χ1n) is 9.82. The summed E-state index contributed by atoms with van der Waals surface area (Å²) in [5.41, 5.74) is -0.655. The molecule has 1 amide bonds. The number of carbonyl (C=O) groups is 1. The van der Waals surface area contributed by atoms with E-state index in [-0.39, 0.29) is 23.4 Å². The van der Waals surface area contributed by atoms with Crippen LogP contribution in [-0.2, 0) is 6.18 Å². The molecule has 1 aliphatic carbocycles. The number of carbonyl (C=O) groups excluding carboxylic acids is 1. The first kappa shape index (κ1) is 20.3. The Hall–Kier alpha value is -3.57.